The number of aromatic nitrogens is 1. The minimum Gasteiger partial charge on any atom is -0.497 e. The maximum Gasteiger partial charge on any atom is 0.302 e. The van der Waals surface area contributed by atoms with Crippen LogP contribution in [0, 0.1) is 11.8 Å². The minimum absolute atomic E-state index is 0.109. The zero-order valence-corrected chi connectivity index (χ0v) is 15.7. The first-order valence-corrected chi connectivity index (χ1v) is 9.66. The lowest BCUT2D eigenvalue weighted by Crippen LogP contribution is -2.59. The van der Waals surface area contributed by atoms with Crippen molar-refractivity contribution < 1.29 is 19.1 Å². The lowest BCUT2D eigenvalue weighted by atomic mass is 9.66. The van der Waals surface area contributed by atoms with Gasteiger partial charge in [0.2, 0.25) is 5.91 Å². The second-order valence-electron chi connectivity index (χ2n) is 8.15. The first-order valence-electron chi connectivity index (χ1n) is 9.66. The van der Waals surface area contributed by atoms with Crippen LogP contribution in [0.5, 0.6) is 5.75 Å². The SMILES string of the molecule is COc1ccc2[nH]c3c(c2c1)CC(=O)N1CC2CC(COC(C)=O)C1C3C2. The van der Waals surface area contributed by atoms with Crippen molar-refractivity contribution in [2.24, 2.45) is 11.8 Å². The number of aromatic amines is 1. The number of carbonyl (C=O) groups excluding carboxylic acids is 2. The average Bonchev–Trinajstić information content (AvgIpc) is 2.99. The smallest absolute Gasteiger partial charge is 0.302 e. The van der Waals surface area contributed by atoms with Gasteiger partial charge in [0.15, 0.2) is 0 Å². The van der Waals surface area contributed by atoms with E-state index in [2.05, 4.69) is 9.88 Å². The Morgan fingerprint density at radius 2 is 2.19 bits per heavy atom. The molecule has 1 amide bonds. The van der Waals surface area contributed by atoms with Crippen molar-refractivity contribution in [2.75, 3.05) is 20.3 Å². The first kappa shape index (κ1) is 16.7. The van der Waals surface area contributed by atoms with Crippen molar-refractivity contribution >= 4 is 22.8 Å². The summed E-state index contributed by atoms with van der Waals surface area (Å²) in [6.07, 6.45) is 2.53. The van der Waals surface area contributed by atoms with Crippen molar-refractivity contribution in [3.05, 3.63) is 29.5 Å². The number of nitrogens with zero attached hydrogens (tertiary/aromatic N) is 1. The molecule has 3 aliphatic heterocycles. The van der Waals surface area contributed by atoms with E-state index >= 15 is 0 Å². The standard InChI is InChI=1S/C21H24N2O4/c1-11(24)27-10-13-5-12-6-17-20-16(8-19(25)23(9-12)21(13)17)15-7-14(26-2)3-4-18(15)22-20/h3-4,7,12-13,17,21-22H,5-6,8-10H2,1-2H3. The van der Waals surface area contributed by atoms with Crippen LogP contribution < -0.4 is 4.74 Å². The predicted molar refractivity (Wildman–Crippen MR) is 99.6 cm³/mol. The van der Waals surface area contributed by atoms with E-state index in [1.165, 1.54) is 12.6 Å². The van der Waals surface area contributed by atoms with Gasteiger partial charge < -0.3 is 19.4 Å². The molecule has 3 fully saturated rings. The summed E-state index contributed by atoms with van der Waals surface area (Å²) < 4.78 is 10.7. The molecule has 0 spiro atoms. The van der Waals surface area contributed by atoms with Crippen molar-refractivity contribution in [3.63, 3.8) is 0 Å². The molecule has 6 nitrogen and oxygen atoms in total. The second-order valence-corrected chi connectivity index (χ2v) is 8.15. The monoisotopic (exact) mass is 368 g/mol. The Bertz CT molecular complexity index is 934. The molecule has 1 aromatic carbocycles. The third-order valence-corrected chi connectivity index (χ3v) is 6.60. The third kappa shape index (κ3) is 2.53. The van der Waals surface area contributed by atoms with Crippen LogP contribution in [0.2, 0.25) is 0 Å². The lowest BCUT2D eigenvalue weighted by Gasteiger charge is -2.52. The summed E-state index contributed by atoms with van der Waals surface area (Å²) in [6.45, 7) is 2.69. The van der Waals surface area contributed by atoms with Crippen LogP contribution >= 0.6 is 0 Å². The number of nitrogens with one attached hydrogen (secondary N) is 1. The number of piperidine rings is 2. The molecule has 1 aromatic heterocycles. The number of hydrogen-bond acceptors (Lipinski definition) is 4. The predicted octanol–water partition coefficient (Wildman–Crippen LogP) is 2.62. The summed E-state index contributed by atoms with van der Waals surface area (Å²) in [4.78, 5) is 30.1. The van der Waals surface area contributed by atoms with E-state index in [0.29, 0.717) is 18.9 Å². The van der Waals surface area contributed by atoms with Crippen molar-refractivity contribution in [3.8, 4) is 5.75 Å². The van der Waals surface area contributed by atoms with Gasteiger partial charge in [-0.15, -0.1) is 0 Å². The maximum atomic E-state index is 13.1. The molecule has 4 bridgehead atoms. The highest BCUT2D eigenvalue weighted by atomic mass is 16.5. The number of methoxy groups -OCH3 is 1. The quantitative estimate of drug-likeness (QED) is 0.846. The van der Waals surface area contributed by atoms with E-state index in [9.17, 15) is 9.59 Å². The molecule has 4 unspecified atom stereocenters. The van der Waals surface area contributed by atoms with E-state index in [4.69, 9.17) is 9.47 Å². The average molecular weight is 368 g/mol. The Labute approximate surface area is 157 Å². The number of benzene rings is 1. The van der Waals surface area contributed by atoms with Crippen molar-refractivity contribution in [1.82, 2.24) is 9.88 Å². The van der Waals surface area contributed by atoms with Gasteiger partial charge in [0.25, 0.3) is 0 Å². The van der Waals surface area contributed by atoms with E-state index in [-0.39, 0.29) is 29.8 Å². The van der Waals surface area contributed by atoms with Gasteiger partial charge in [-0.1, -0.05) is 0 Å². The largest absolute Gasteiger partial charge is 0.497 e. The van der Waals surface area contributed by atoms with Crippen LogP contribution in [0.4, 0.5) is 0 Å². The van der Waals surface area contributed by atoms with Gasteiger partial charge in [-0.25, -0.2) is 0 Å². The molecular weight excluding hydrogens is 344 g/mol. The number of rotatable bonds is 3. The molecule has 1 N–H and O–H groups in total. The van der Waals surface area contributed by atoms with Gasteiger partial charge in [-0.2, -0.15) is 0 Å². The van der Waals surface area contributed by atoms with Gasteiger partial charge in [-0.05, 0) is 42.5 Å². The normalized spacial score (nSPS) is 28.8. The van der Waals surface area contributed by atoms with E-state index in [1.807, 2.05) is 18.2 Å². The Morgan fingerprint density at radius 1 is 1.33 bits per heavy atom. The summed E-state index contributed by atoms with van der Waals surface area (Å²) in [7, 11) is 1.66. The third-order valence-electron chi connectivity index (χ3n) is 6.60. The molecule has 6 heteroatoms. The molecule has 4 atom stereocenters. The Kier molecular flexibility index (Phi) is 3.71. The lowest BCUT2D eigenvalue weighted by molar-refractivity contribution is -0.150. The summed E-state index contributed by atoms with van der Waals surface area (Å²) in [5.41, 5.74) is 3.36. The molecule has 0 radical (unpaired) electrons. The summed E-state index contributed by atoms with van der Waals surface area (Å²) in [5, 5.41) is 1.08. The number of esters is 1. The molecule has 4 aliphatic rings. The van der Waals surface area contributed by atoms with Gasteiger partial charge in [-0.3, -0.25) is 9.59 Å². The number of carbonyl (C=O) groups is 2. The molecule has 4 heterocycles. The fraction of sp³-hybridized carbons (Fsp3) is 0.524. The van der Waals surface area contributed by atoms with Crippen LogP contribution in [0.25, 0.3) is 10.9 Å². The Hall–Kier alpha value is -2.50. The number of amides is 1. The first-order chi connectivity index (χ1) is 13.0. The highest BCUT2D eigenvalue weighted by molar-refractivity contribution is 5.92. The van der Waals surface area contributed by atoms with Crippen LogP contribution in [0.3, 0.4) is 0 Å². The van der Waals surface area contributed by atoms with Crippen LogP contribution in [-0.2, 0) is 20.7 Å². The van der Waals surface area contributed by atoms with E-state index in [1.54, 1.807) is 7.11 Å². The fourth-order valence-electron chi connectivity index (χ4n) is 5.59. The number of H-pyrrole nitrogens is 1. The molecule has 2 saturated heterocycles. The van der Waals surface area contributed by atoms with Gasteiger partial charge in [0.05, 0.1) is 20.1 Å². The van der Waals surface area contributed by atoms with Crippen LogP contribution in [0.1, 0.15) is 36.9 Å². The van der Waals surface area contributed by atoms with Crippen molar-refractivity contribution in [2.45, 2.75) is 38.1 Å². The summed E-state index contributed by atoms with van der Waals surface area (Å²) in [6, 6.07) is 6.11. The number of ether oxygens (including phenoxy) is 2. The number of hydrogen-bond donors (Lipinski definition) is 1. The topological polar surface area (TPSA) is 71.6 Å². The van der Waals surface area contributed by atoms with Crippen LogP contribution in [-0.4, -0.2) is 48.1 Å². The van der Waals surface area contributed by atoms with Crippen molar-refractivity contribution in [1.29, 1.82) is 0 Å². The zero-order chi connectivity index (χ0) is 18.7. The highest BCUT2D eigenvalue weighted by Crippen LogP contribution is 2.50. The minimum atomic E-state index is -0.251. The van der Waals surface area contributed by atoms with Gasteiger partial charge in [0, 0.05) is 47.9 Å². The molecular formula is C21H24N2O4. The van der Waals surface area contributed by atoms with Gasteiger partial charge in [0.1, 0.15) is 5.75 Å². The maximum absolute atomic E-state index is 13.1. The molecule has 2 aromatic rings. The highest BCUT2D eigenvalue weighted by Gasteiger charge is 2.51. The second kappa shape index (κ2) is 6.01. The van der Waals surface area contributed by atoms with Gasteiger partial charge >= 0.3 is 5.97 Å². The van der Waals surface area contributed by atoms with E-state index in [0.717, 1.165) is 41.6 Å². The number of fused-ring (bicyclic) bond motifs is 4. The van der Waals surface area contributed by atoms with E-state index < -0.39 is 0 Å². The zero-order valence-electron chi connectivity index (χ0n) is 15.7. The molecule has 1 saturated carbocycles. The Morgan fingerprint density at radius 3 is 2.96 bits per heavy atom. The summed E-state index contributed by atoms with van der Waals surface area (Å²) >= 11 is 0. The van der Waals surface area contributed by atoms with Crippen LogP contribution in [0.15, 0.2) is 18.2 Å². The Balaban J connectivity index is 1.60. The summed E-state index contributed by atoms with van der Waals surface area (Å²) in [5.74, 6) is 1.69. The molecule has 1 aliphatic carbocycles. The molecule has 27 heavy (non-hydrogen) atoms. The molecule has 6 rings (SSSR count). The fourth-order valence-corrected chi connectivity index (χ4v) is 5.59. The molecule has 142 valence electrons.